The summed E-state index contributed by atoms with van der Waals surface area (Å²) >= 11 is 0. The van der Waals surface area contributed by atoms with Gasteiger partial charge in [-0.3, -0.25) is 0 Å². The Morgan fingerprint density at radius 2 is 1.67 bits per heavy atom. The SMILES string of the molecule is CNS(=O)(=O)CCNS(=O)(=O)c1ccc(OC)c(OC)c1. The van der Waals surface area contributed by atoms with E-state index in [1.165, 1.54) is 39.5 Å². The average Bonchev–Trinajstić information content (AvgIpc) is 2.46. The standard InChI is InChI=1S/C11H18N2O6S2/c1-12-20(14,15)7-6-13-21(16,17)9-4-5-10(18-2)11(8-9)19-3/h4-5,8,12-13H,6-7H2,1-3H3. The number of rotatable bonds is 8. The predicted octanol–water partition coefficient (Wildman–Crippen LogP) is -0.469. The Kier molecular flexibility index (Phi) is 5.96. The number of hydrogen-bond acceptors (Lipinski definition) is 6. The molecular formula is C11H18N2O6S2. The van der Waals surface area contributed by atoms with Crippen molar-refractivity contribution in [1.29, 1.82) is 0 Å². The number of methoxy groups -OCH3 is 2. The zero-order chi connectivity index (χ0) is 16.1. The molecule has 10 heteroatoms. The van der Waals surface area contributed by atoms with Crippen LogP contribution in [-0.2, 0) is 20.0 Å². The molecule has 1 rings (SSSR count). The van der Waals surface area contributed by atoms with Crippen LogP contribution < -0.4 is 18.9 Å². The van der Waals surface area contributed by atoms with Crippen LogP contribution in [0.1, 0.15) is 0 Å². The summed E-state index contributed by atoms with van der Waals surface area (Å²) in [6.45, 7) is -0.236. The first kappa shape index (κ1) is 17.7. The molecule has 0 bridgehead atoms. The molecule has 0 amide bonds. The van der Waals surface area contributed by atoms with Crippen LogP contribution in [0.2, 0.25) is 0 Å². The van der Waals surface area contributed by atoms with Gasteiger partial charge in [0.25, 0.3) is 0 Å². The Morgan fingerprint density at radius 1 is 1.05 bits per heavy atom. The molecule has 21 heavy (non-hydrogen) atoms. The Hall–Kier alpha value is -1.36. The minimum absolute atomic E-state index is 0.0398. The minimum atomic E-state index is -3.83. The quantitative estimate of drug-likeness (QED) is 0.663. The summed E-state index contributed by atoms with van der Waals surface area (Å²) in [6.07, 6.45) is 0. The van der Waals surface area contributed by atoms with Crippen LogP contribution in [-0.4, -0.2) is 50.4 Å². The van der Waals surface area contributed by atoms with E-state index in [-0.39, 0.29) is 22.9 Å². The van der Waals surface area contributed by atoms with Crippen LogP contribution in [0.4, 0.5) is 0 Å². The summed E-state index contributed by atoms with van der Waals surface area (Å²) in [5, 5.41) is 0. The molecule has 1 aromatic carbocycles. The number of nitrogens with one attached hydrogen (secondary N) is 2. The van der Waals surface area contributed by atoms with E-state index < -0.39 is 20.0 Å². The molecule has 0 saturated heterocycles. The summed E-state index contributed by atoms with van der Waals surface area (Å²) in [7, 11) is -3.21. The van der Waals surface area contributed by atoms with Crippen molar-refractivity contribution in [3.63, 3.8) is 0 Å². The van der Waals surface area contributed by atoms with Gasteiger partial charge in [-0.1, -0.05) is 0 Å². The normalized spacial score (nSPS) is 12.1. The molecule has 0 atom stereocenters. The fourth-order valence-electron chi connectivity index (χ4n) is 1.48. The lowest BCUT2D eigenvalue weighted by Crippen LogP contribution is -2.33. The molecule has 2 N–H and O–H groups in total. The Balaban J connectivity index is 2.88. The molecule has 8 nitrogen and oxygen atoms in total. The Bertz CT molecular complexity index is 685. The molecule has 0 heterocycles. The molecule has 0 aliphatic carbocycles. The Labute approximate surface area is 124 Å². The van der Waals surface area contributed by atoms with Gasteiger partial charge in [0, 0.05) is 12.6 Å². The van der Waals surface area contributed by atoms with E-state index in [4.69, 9.17) is 9.47 Å². The minimum Gasteiger partial charge on any atom is -0.493 e. The highest BCUT2D eigenvalue weighted by Gasteiger charge is 2.18. The molecule has 0 aromatic heterocycles. The first-order valence-electron chi connectivity index (χ1n) is 5.88. The van der Waals surface area contributed by atoms with E-state index >= 15 is 0 Å². The fourth-order valence-corrected chi connectivity index (χ4v) is 3.23. The third-order valence-corrected chi connectivity index (χ3v) is 5.46. The molecule has 0 aliphatic rings. The van der Waals surface area contributed by atoms with Gasteiger partial charge in [-0.15, -0.1) is 0 Å². The molecule has 0 saturated carbocycles. The van der Waals surface area contributed by atoms with Crippen LogP contribution >= 0.6 is 0 Å². The summed E-state index contributed by atoms with van der Waals surface area (Å²) in [5.41, 5.74) is 0. The van der Waals surface area contributed by atoms with E-state index in [1.807, 2.05) is 0 Å². The second-order valence-corrected chi connectivity index (χ2v) is 7.75. The van der Waals surface area contributed by atoms with Crippen LogP contribution in [0.25, 0.3) is 0 Å². The maximum Gasteiger partial charge on any atom is 0.240 e. The molecule has 0 unspecified atom stereocenters. The van der Waals surface area contributed by atoms with Crippen molar-refractivity contribution in [3.8, 4) is 11.5 Å². The second kappa shape index (κ2) is 7.07. The van der Waals surface area contributed by atoms with Crippen LogP contribution in [0, 0.1) is 0 Å². The predicted molar refractivity (Wildman–Crippen MR) is 77.6 cm³/mol. The number of ether oxygens (including phenoxy) is 2. The maximum absolute atomic E-state index is 12.1. The van der Waals surface area contributed by atoms with E-state index in [1.54, 1.807) is 0 Å². The van der Waals surface area contributed by atoms with Gasteiger partial charge < -0.3 is 9.47 Å². The van der Waals surface area contributed by atoms with Gasteiger partial charge in [-0.2, -0.15) is 0 Å². The van der Waals surface area contributed by atoms with Crippen molar-refractivity contribution in [1.82, 2.24) is 9.44 Å². The van der Waals surface area contributed by atoms with Gasteiger partial charge in [0.05, 0.1) is 24.9 Å². The highest BCUT2D eigenvalue weighted by Crippen LogP contribution is 2.29. The summed E-state index contributed by atoms with van der Waals surface area (Å²) < 4.78 is 60.9. The van der Waals surface area contributed by atoms with Crippen LogP contribution in [0.3, 0.4) is 0 Å². The van der Waals surface area contributed by atoms with Gasteiger partial charge in [0.2, 0.25) is 20.0 Å². The van der Waals surface area contributed by atoms with Crippen molar-refractivity contribution in [2.75, 3.05) is 33.6 Å². The average molecular weight is 338 g/mol. The van der Waals surface area contributed by atoms with Crippen molar-refractivity contribution in [2.45, 2.75) is 4.90 Å². The van der Waals surface area contributed by atoms with Gasteiger partial charge >= 0.3 is 0 Å². The molecule has 1 aromatic rings. The zero-order valence-electron chi connectivity index (χ0n) is 11.9. The van der Waals surface area contributed by atoms with E-state index in [9.17, 15) is 16.8 Å². The molecule has 120 valence electrons. The third kappa shape index (κ3) is 4.84. The molecule has 0 radical (unpaired) electrons. The third-order valence-electron chi connectivity index (χ3n) is 2.64. The second-order valence-electron chi connectivity index (χ2n) is 3.94. The van der Waals surface area contributed by atoms with E-state index in [0.717, 1.165) is 0 Å². The maximum atomic E-state index is 12.1. The molecular weight excluding hydrogens is 320 g/mol. The topological polar surface area (TPSA) is 111 Å². The molecule has 0 spiro atoms. The van der Waals surface area contributed by atoms with Gasteiger partial charge in [-0.25, -0.2) is 26.3 Å². The van der Waals surface area contributed by atoms with Crippen LogP contribution in [0.15, 0.2) is 23.1 Å². The molecule has 0 fully saturated rings. The zero-order valence-corrected chi connectivity index (χ0v) is 13.5. The molecule has 0 aliphatic heterocycles. The largest absolute Gasteiger partial charge is 0.493 e. The summed E-state index contributed by atoms with van der Waals surface area (Å²) in [5.74, 6) is 0.313. The first-order chi connectivity index (χ1) is 9.75. The van der Waals surface area contributed by atoms with Crippen molar-refractivity contribution in [2.24, 2.45) is 0 Å². The lowest BCUT2D eigenvalue weighted by Gasteiger charge is -2.11. The fraction of sp³-hybridized carbons (Fsp3) is 0.455. The van der Waals surface area contributed by atoms with E-state index in [0.29, 0.717) is 5.75 Å². The number of hydrogen-bond donors (Lipinski definition) is 2. The number of benzene rings is 1. The Morgan fingerprint density at radius 3 is 2.19 bits per heavy atom. The monoisotopic (exact) mass is 338 g/mol. The van der Waals surface area contributed by atoms with E-state index in [2.05, 4.69) is 9.44 Å². The van der Waals surface area contributed by atoms with Crippen molar-refractivity contribution >= 4 is 20.0 Å². The highest BCUT2D eigenvalue weighted by molar-refractivity contribution is 7.90. The van der Waals surface area contributed by atoms with Gasteiger partial charge in [-0.05, 0) is 19.2 Å². The first-order valence-corrected chi connectivity index (χ1v) is 9.02. The summed E-state index contributed by atoms with van der Waals surface area (Å²) in [4.78, 5) is -0.0398. The lowest BCUT2D eigenvalue weighted by atomic mass is 10.3. The number of sulfonamides is 2. The smallest absolute Gasteiger partial charge is 0.240 e. The highest BCUT2D eigenvalue weighted by atomic mass is 32.2. The van der Waals surface area contributed by atoms with Crippen molar-refractivity contribution < 1.29 is 26.3 Å². The van der Waals surface area contributed by atoms with Gasteiger partial charge in [0.1, 0.15) is 0 Å². The van der Waals surface area contributed by atoms with Gasteiger partial charge in [0.15, 0.2) is 11.5 Å². The summed E-state index contributed by atoms with van der Waals surface area (Å²) in [6, 6.07) is 4.10. The lowest BCUT2D eigenvalue weighted by molar-refractivity contribution is 0.354. The van der Waals surface area contributed by atoms with Crippen LogP contribution in [0.5, 0.6) is 11.5 Å². The van der Waals surface area contributed by atoms with Crippen molar-refractivity contribution in [3.05, 3.63) is 18.2 Å².